The van der Waals surface area contributed by atoms with Crippen molar-refractivity contribution in [3.8, 4) is 0 Å². The van der Waals surface area contributed by atoms with Crippen molar-refractivity contribution >= 4 is 35.1 Å². The van der Waals surface area contributed by atoms with Gasteiger partial charge in [-0.1, -0.05) is 26.7 Å². The Labute approximate surface area is 390 Å². The molecule has 0 aliphatic carbocycles. The zero-order valence-electron chi connectivity index (χ0n) is 42.9. The summed E-state index contributed by atoms with van der Waals surface area (Å²) in [7, 11) is 6.26. The first-order chi connectivity index (χ1) is 30.0. The first kappa shape index (κ1) is 61.4. The lowest BCUT2D eigenvalue weighted by Crippen LogP contribution is -2.40. The van der Waals surface area contributed by atoms with Crippen LogP contribution in [0.1, 0.15) is 165 Å². The molecule has 2 rings (SSSR count). The van der Waals surface area contributed by atoms with Crippen molar-refractivity contribution in [1.29, 1.82) is 0 Å². The third kappa shape index (κ3) is 36.6. The third-order valence-corrected chi connectivity index (χ3v) is 11.0. The van der Waals surface area contributed by atoms with E-state index >= 15 is 0 Å². The molecule has 14 heteroatoms. The zero-order chi connectivity index (χ0) is 48.6. The van der Waals surface area contributed by atoms with Gasteiger partial charge in [-0.15, -0.1) is 0 Å². The van der Waals surface area contributed by atoms with Crippen molar-refractivity contribution in [2.24, 2.45) is 5.92 Å². The van der Waals surface area contributed by atoms with E-state index in [4.69, 9.17) is 14.2 Å². The van der Waals surface area contributed by atoms with Gasteiger partial charge in [0.25, 0.3) is 0 Å². The van der Waals surface area contributed by atoms with Gasteiger partial charge in [0.2, 0.25) is 0 Å². The fraction of sp³-hybridized carbons (Fsp3) is 0.880. The number of esters is 2. The van der Waals surface area contributed by atoms with Gasteiger partial charge >= 0.3 is 11.9 Å². The standard InChI is InChI=1S/C23H45N3O4.C23H42N2O4.C4H8O/c1-8-20(28)18-26(7)16-12-11-15-25(6)14-10-9-13-21(19(2)27)24-17-22(29)30-23(3,4)5;1-6-20(26)17-25-16-10-9-15-24(5)14-8-7-11-19(21(27)18-25)12-13-22(28)29-23(2,3)4;1-2-4-5-3-1/h21,24H,8-18H2,1-7H3;19H,6-18H2,1-5H3;1-4H2/t;19-;/m.1./s1. The molecule has 1 N–H and O–H groups in total. The number of hydrogen-bond donors (Lipinski definition) is 1. The lowest BCUT2D eigenvalue weighted by molar-refractivity contribution is -0.156. The molecule has 0 aromatic heterocycles. The summed E-state index contributed by atoms with van der Waals surface area (Å²) >= 11 is 0. The Hall–Kier alpha value is -2.62. The van der Waals surface area contributed by atoms with Crippen molar-refractivity contribution in [1.82, 2.24) is 24.9 Å². The number of likely N-dealkylation sites (N-methyl/N-ethyl adjacent to an activating group) is 1. The summed E-state index contributed by atoms with van der Waals surface area (Å²) in [5.74, 6) is -0.0526. The Morgan fingerprint density at radius 2 is 1.28 bits per heavy atom. The predicted molar refractivity (Wildman–Crippen MR) is 258 cm³/mol. The number of nitrogens with zero attached hydrogens (tertiary/aromatic N) is 4. The molecule has 2 heterocycles. The predicted octanol–water partition coefficient (Wildman–Crippen LogP) is 6.94. The number of ketones is 4. The van der Waals surface area contributed by atoms with E-state index in [9.17, 15) is 28.8 Å². The Balaban J connectivity index is 0.00000111. The van der Waals surface area contributed by atoms with Crippen LogP contribution in [0.25, 0.3) is 0 Å². The van der Waals surface area contributed by atoms with Crippen LogP contribution in [-0.4, -0.2) is 172 Å². The Morgan fingerprint density at radius 3 is 1.81 bits per heavy atom. The first-order valence-electron chi connectivity index (χ1n) is 24.6. The fourth-order valence-electron chi connectivity index (χ4n) is 7.32. The molecule has 2 fully saturated rings. The number of unbranched alkanes of at least 4 members (excludes halogenated alkanes) is 2. The molecule has 0 amide bonds. The summed E-state index contributed by atoms with van der Waals surface area (Å²) in [4.78, 5) is 81.0. The normalized spacial score (nSPS) is 17.8. The van der Waals surface area contributed by atoms with Gasteiger partial charge in [0, 0.05) is 38.4 Å². The van der Waals surface area contributed by atoms with Gasteiger partial charge < -0.3 is 24.0 Å². The molecule has 0 bridgehead atoms. The summed E-state index contributed by atoms with van der Waals surface area (Å²) in [6, 6.07) is -0.302. The van der Waals surface area contributed by atoms with Crippen LogP contribution in [0.3, 0.4) is 0 Å². The van der Waals surface area contributed by atoms with Crippen molar-refractivity contribution < 1.29 is 43.0 Å². The fourth-order valence-corrected chi connectivity index (χ4v) is 7.32. The number of ether oxygens (including phenoxy) is 3. The van der Waals surface area contributed by atoms with Gasteiger partial charge in [0.1, 0.15) is 34.3 Å². The molecule has 0 spiro atoms. The maximum absolute atomic E-state index is 13.0. The average Bonchev–Trinajstić information content (AvgIpc) is 3.80. The number of hydrogen-bond acceptors (Lipinski definition) is 14. The quantitative estimate of drug-likeness (QED) is 0.0832. The molecule has 2 saturated heterocycles. The van der Waals surface area contributed by atoms with Gasteiger partial charge in [-0.2, -0.15) is 0 Å². The van der Waals surface area contributed by atoms with Gasteiger partial charge in [-0.3, -0.25) is 43.9 Å². The molecule has 374 valence electrons. The minimum Gasteiger partial charge on any atom is -0.460 e. The molecule has 0 aromatic carbocycles. The van der Waals surface area contributed by atoms with Gasteiger partial charge in [-0.25, -0.2) is 0 Å². The van der Waals surface area contributed by atoms with Crippen LogP contribution in [-0.2, 0) is 43.0 Å². The molecule has 0 saturated carbocycles. The highest BCUT2D eigenvalue weighted by Crippen LogP contribution is 2.20. The van der Waals surface area contributed by atoms with Crippen LogP contribution in [0.5, 0.6) is 0 Å². The highest BCUT2D eigenvalue weighted by molar-refractivity contribution is 5.85. The van der Waals surface area contributed by atoms with E-state index in [0.29, 0.717) is 44.7 Å². The molecule has 2 atom stereocenters. The smallest absolute Gasteiger partial charge is 0.320 e. The SMILES string of the molecule is C1CCOC1.CCC(=O)CN(C)CCCCN(C)CCCCC(NCC(=O)OC(C)(C)C)C(C)=O.CCC(=O)CN1CCCCN(C)CCCC[C@H](CCC(=O)OC(C)(C)C)C(=O)C1. The van der Waals surface area contributed by atoms with E-state index in [2.05, 4.69) is 34.1 Å². The Bertz CT molecular complexity index is 1300. The van der Waals surface area contributed by atoms with E-state index in [-0.39, 0.29) is 54.2 Å². The minimum absolute atomic E-state index is 0.0533. The van der Waals surface area contributed by atoms with Crippen molar-refractivity contribution in [2.45, 2.75) is 182 Å². The summed E-state index contributed by atoms with van der Waals surface area (Å²) in [5, 5.41) is 3.03. The van der Waals surface area contributed by atoms with Crippen molar-refractivity contribution in [3.63, 3.8) is 0 Å². The summed E-state index contributed by atoms with van der Waals surface area (Å²) in [6.45, 7) is 25.4. The molecular formula is C50H95N5O9. The van der Waals surface area contributed by atoms with E-state index in [1.54, 1.807) is 6.92 Å². The monoisotopic (exact) mass is 910 g/mol. The molecular weight excluding hydrogens is 815 g/mol. The highest BCUT2D eigenvalue weighted by Gasteiger charge is 2.25. The number of carbonyl (C=O) groups excluding carboxylic acids is 6. The first-order valence-corrected chi connectivity index (χ1v) is 24.6. The number of Topliss-reactive ketones (excluding diaryl/α,β-unsaturated/α-hetero) is 4. The lowest BCUT2D eigenvalue weighted by Gasteiger charge is -2.24. The Morgan fingerprint density at radius 1 is 0.750 bits per heavy atom. The molecule has 2 aliphatic rings. The summed E-state index contributed by atoms with van der Waals surface area (Å²) < 4.78 is 15.6. The molecule has 1 unspecified atom stereocenters. The average molecular weight is 910 g/mol. The summed E-state index contributed by atoms with van der Waals surface area (Å²) in [6.07, 6.45) is 14.2. The van der Waals surface area contributed by atoms with Crippen molar-refractivity contribution in [2.75, 3.05) is 99.8 Å². The van der Waals surface area contributed by atoms with E-state index in [0.717, 1.165) is 117 Å². The zero-order valence-corrected chi connectivity index (χ0v) is 42.9. The highest BCUT2D eigenvalue weighted by atomic mass is 16.6. The van der Waals surface area contributed by atoms with Crippen molar-refractivity contribution in [3.05, 3.63) is 0 Å². The second-order valence-electron chi connectivity index (χ2n) is 20.0. The van der Waals surface area contributed by atoms with Crippen LogP contribution < -0.4 is 5.32 Å². The second kappa shape index (κ2) is 35.6. The van der Waals surface area contributed by atoms with E-state index < -0.39 is 11.2 Å². The lowest BCUT2D eigenvalue weighted by atomic mass is 9.91. The second-order valence-corrected chi connectivity index (χ2v) is 20.0. The maximum Gasteiger partial charge on any atom is 0.320 e. The number of nitrogens with one attached hydrogen (secondary N) is 1. The number of carbonyl (C=O) groups is 6. The van der Waals surface area contributed by atoms with Gasteiger partial charge in [0.05, 0.1) is 32.2 Å². The largest absolute Gasteiger partial charge is 0.460 e. The minimum atomic E-state index is -0.516. The van der Waals surface area contributed by atoms with Crippen LogP contribution in [0.4, 0.5) is 0 Å². The number of rotatable bonds is 23. The van der Waals surface area contributed by atoms with Gasteiger partial charge in [0.15, 0.2) is 0 Å². The Kier molecular flexibility index (Phi) is 34.1. The molecule has 0 radical (unpaired) electrons. The topological polar surface area (TPSA) is 155 Å². The van der Waals surface area contributed by atoms with Crippen LogP contribution in [0, 0.1) is 5.92 Å². The molecule has 14 nitrogen and oxygen atoms in total. The van der Waals surface area contributed by atoms with Gasteiger partial charge in [-0.05, 0) is 180 Å². The molecule has 0 aromatic rings. The summed E-state index contributed by atoms with van der Waals surface area (Å²) in [5.41, 5.74) is -1.02. The van der Waals surface area contributed by atoms with Crippen LogP contribution >= 0.6 is 0 Å². The maximum atomic E-state index is 13.0. The van der Waals surface area contributed by atoms with Crippen LogP contribution in [0.15, 0.2) is 0 Å². The third-order valence-electron chi connectivity index (χ3n) is 11.0. The molecule has 2 aliphatic heterocycles. The van der Waals surface area contributed by atoms with E-state index in [1.807, 2.05) is 67.3 Å². The van der Waals surface area contributed by atoms with E-state index in [1.165, 1.54) is 12.8 Å². The van der Waals surface area contributed by atoms with Crippen LogP contribution in [0.2, 0.25) is 0 Å². The molecule has 64 heavy (non-hydrogen) atoms.